The van der Waals surface area contributed by atoms with Crippen LogP contribution in [0.25, 0.3) is 0 Å². The van der Waals surface area contributed by atoms with Gasteiger partial charge < -0.3 is 14.8 Å². The molecule has 0 atom stereocenters. The van der Waals surface area contributed by atoms with Gasteiger partial charge in [0.2, 0.25) is 0 Å². The van der Waals surface area contributed by atoms with Crippen LogP contribution in [-0.4, -0.2) is 23.7 Å². The topological polar surface area (TPSA) is 59.6 Å². The molecule has 1 amide bonds. The van der Waals surface area contributed by atoms with Crippen molar-refractivity contribution in [3.05, 3.63) is 52.5 Å². The number of benzene rings is 2. The number of unbranched alkanes of at least 4 members (excludes halogenated alkanes) is 3. The molecule has 0 heterocycles. The van der Waals surface area contributed by atoms with Crippen LogP contribution in [0.3, 0.4) is 0 Å². The van der Waals surface area contributed by atoms with E-state index in [0.29, 0.717) is 17.9 Å². The quantitative estimate of drug-likeness (QED) is 0.300. The van der Waals surface area contributed by atoms with Crippen molar-refractivity contribution in [1.29, 1.82) is 0 Å². The van der Waals surface area contributed by atoms with Gasteiger partial charge >= 0.3 is 0 Å². The number of carbonyl (C=O) groups excluding carboxylic acids is 1. The van der Waals surface area contributed by atoms with E-state index in [-0.39, 0.29) is 17.1 Å². The van der Waals surface area contributed by atoms with Crippen LogP contribution in [0, 0.1) is 0 Å². The Kier molecular flexibility index (Phi) is 10.1. The third-order valence-electron chi connectivity index (χ3n) is 4.15. The van der Waals surface area contributed by atoms with E-state index < -0.39 is 0 Å². The van der Waals surface area contributed by atoms with Crippen LogP contribution in [0.15, 0.2) is 46.9 Å². The summed E-state index contributed by atoms with van der Waals surface area (Å²) in [5, 5.41) is 5.94. The van der Waals surface area contributed by atoms with Gasteiger partial charge in [-0.1, -0.05) is 42.1 Å². The van der Waals surface area contributed by atoms with Gasteiger partial charge in [-0.3, -0.25) is 10.1 Å². The Morgan fingerprint density at radius 2 is 1.83 bits per heavy atom. The number of thiocarbonyl (C=S) groups is 1. The summed E-state index contributed by atoms with van der Waals surface area (Å²) in [7, 11) is 0. The van der Waals surface area contributed by atoms with Crippen molar-refractivity contribution in [3.63, 3.8) is 0 Å². The maximum Gasteiger partial charge on any atom is 0.261 e. The summed E-state index contributed by atoms with van der Waals surface area (Å²) in [6.45, 7) is 6.73. The first kappa shape index (κ1) is 24.2. The number of amides is 1. The molecule has 7 heteroatoms. The van der Waals surface area contributed by atoms with E-state index in [1.165, 1.54) is 19.3 Å². The second-order valence-electron chi connectivity index (χ2n) is 7.15. The van der Waals surface area contributed by atoms with Crippen LogP contribution in [0.2, 0.25) is 0 Å². The van der Waals surface area contributed by atoms with Crippen molar-refractivity contribution in [1.82, 2.24) is 5.32 Å². The first-order valence-corrected chi connectivity index (χ1v) is 11.4. The Balaban J connectivity index is 1.90. The molecule has 162 valence electrons. The standard InChI is InChI=1S/C23H29BrN2O3S/c1-4-5-6-7-14-28-19-11-9-18(10-12-19)25-23(30)26-22(27)20-15-17(24)8-13-21(20)29-16(2)3/h8-13,15-16H,4-7,14H2,1-3H3,(H2,25,26,27,30). The maximum absolute atomic E-state index is 12.7. The fourth-order valence-electron chi connectivity index (χ4n) is 2.72. The molecular formula is C23H29BrN2O3S. The molecule has 0 aromatic heterocycles. The van der Waals surface area contributed by atoms with Crippen LogP contribution >= 0.6 is 28.1 Å². The normalized spacial score (nSPS) is 10.6. The van der Waals surface area contributed by atoms with Gasteiger partial charge in [0.1, 0.15) is 11.5 Å². The lowest BCUT2D eigenvalue weighted by Crippen LogP contribution is -2.34. The van der Waals surface area contributed by atoms with Crippen molar-refractivity contribution >= 4 is 44.9 Å². The minimum absolute atomic E-state index is 0.0461. The van der Waals surface area contributed by atoms with E-state index >= 15 is 0 Å². The summed E-state index contributed by atoms with van der Waals surface area (Å²) in [6.07, 6.45) is 4.65. The minimum atomic E-state index is -0.337. The lowest BCUT2D eigenvalue weighted by molar-refractivity contribution is 0.0972. The average Bonchev–Trinajstić information content (AvgIpc) is 2.70. The number of rotatable bonds is 10. The zero-order valence-corrected chi connectivity index (χ0v) is 20.1. The van der Waals surface area contributed by atoms with E-state index in [4.69, 9.17) is 21.7 Å². The Morgan fingerprint density at radius 1 is 1.10 bits per heavy atom. The predicted octanol–water partition coefficient (Wildman–Crippen LogP) is 6.32. The first-order valence-electron chi connectivity index (χ1n) is 10.2. The Bertz CT molecular complexity index is 841. The molecule has 0 aliphatic carbocycles. The fourth-order valence-corrected chi connectivity index (χ4v) is 3.29. The van der Waals surface area contributed by atoms with Crippen LogP contribution in [0.5, 0.6) is 11.5 Å². The van der Waals surface area contributed by atoms with E-state index in [9.17, 15) is 4.79 Å². The van der Waals surface area contributed by atoms with Crippen molar-refractivity contribution in [2.75, 3.05) is 11.9 Å². The van der Waals surface area contributed by atoms with Crippen LogP contribution < -0.4 is 20.1 Å². The Hall–Kier alpha value is -2.12. The predicted molar refractivity (Wildman–Crippen MR) is 130 cm³/mol. The number of halogens is 1. The molecule has 0 spiro atoms. The maximum atomic E-state index is 12.7. The van der Waals surface area contributed by atoms with Gasteiger partial charge in [-0.15, -0.1) is 0 Å². The molecule has 0 saturated heterocycles. The third-order valence-corrected chi connectivity index (χ3v) is 4.85. The van der Waals surface area contributed by atoms with Crippen molar-refractivity contribution in [2.45, 2.75) is 52.6 Å². The van der Waals surface area contributed by atoms with Gasteiger partial charge in [0.25, 0.3) is 5.91 Å². The van der Waals surface area contributed by atoms with Crippen LogP contribution in [0.1, 0.15) is 56.8 Å². The van der Waals surface area contributed by atoms with Crippen LogP contribution in [-0.2, 0) is 0 Å². The molecule has 2 rings (SSSR count). The fraction of sp³-hybridized carbons (Fsp3) is 0.391. The first-order chi connectivity index (χ1) is 14.4. The van der Waals surface area contributed by atoms with E-state index in [0.717, 1.165) is 22.3 Å². The Morgan fingerprint density at radius 3 is 2.50 bits per heavy atom. The van der Waals surface area contributed by atoms with Crippen LogP contribution in [0.4, 0.5) is 5.69 Å². The highest BCUT2D eigenvalue weighted by Crippen LogP contribution is 2.24. The molecule has 0 aliphatic heterocycles. The molecule has 0 fully saturated rings. The molecule has 2 aromatic carbocycles. The third kappa shape index (κ3) is 8.32. The molecule has 0 radical (unpaired) electrons. The minimum Gasteiger partial charge on any atom is -0.494 e. The van der Waals surface area contributed by atoms with E-state index in [1.807, 2.05) is 44.2 Å². The van der Waals surface area contributed by atoms with Gasteiger partial charge in [-0.2, -0.15) is 0 Å². The molecule has 0 bridgehead atoms. The molecule has 2 aromatic rings. The smallest absolute Gasteiger partial charge is 0.261 e. The van der Waals surface area contributed by atoms with Gasteiger partial charge in [0, 0.05) is 10.2 Å². The number of hydrogen-bond donors (Lipinski definition) is 2. The summed E-state index contributed by atoms with van der Waals surface area (Å²) >= 11 is 8.68. The number of nitrogens with one attached hydrogen (secondary N) is 2. The van der Waals surface area contributed by atoms with Crippen molar-refractivity contribution in [2.24, 2.45) is 0 Å². The highest BCUT2D eigenvalue weighted by atomic mass is 79.9. The highest BCUT2D eigenvalue weighted by Gasteiger charge is 2.15. The van der Waals surface area contributed by atoms with Gasteiger partial charge in [0.05, 0.1) is 18.3 Å². The van der Waals surface area contributed by atoms with Crippen molar-refractivity contribution < 1.29 is 14.3 Å². The van der Waals surface area contributed by atoms with Gasteiger partial charge in [-0.05, 0) is 75.0 Å². The summed E-state index contributed by atoms with van der Waals surface area (Å²) < 4.78 is 12.3. The lowest BCUT2D eigenvalue weighted by atomic mass is 10.2. The summed E-state index contributed by atoms with van der Waals surface area (Å²) in [6, 6.07) is 12.8. The van der Waals surface area contributed by atoms with Gasteiger partial charge in [-0.25, -0.2) is 0 Å². The van der Waals surface area contributed by atoms with Crippen molar-refractivity contribution in [3.8, 4) is 11.5 Å². The average molecular weight is 493 g/mol. The summed E-state index contributed by atoms with van der Waals surface area (Å²) in [4.78, 5) is 12.7. The molecule has 0 saturated carbocycles. The highest BCUT2D eigenvalue weighted by molar-refractivity contribution is 9.10. The molecule has 30 heavy (non-hydrogen) atoms. The largest absolute Gasteiger partial charge is 0.494 e. The van der Waals surface area contributed by atoms with E-state index in [2.05, 4.69) is 33.5 Å². The number of ether oxygens (including phenoxy) is 2. The SMILES string of the molecule is CCCCCCOc1ccc(NC(=S)NC(=O)c2cc(Br)ccc2OC(C)C)cc1. The summed E-state index contributed by atoms with van der Waals surface area (Å²) in [5.74, 6) is 0.988. The molecule has 0 aliphatic rings. The zero-order chi connectivity index (χ0) is 21.9. The Labute approximate surface area is 192 Å². The summed E-state index contributed by atoms with van der Waals surface area (Å²) in [5.41, 5.74) is 1.18. The second-order valence-corrected chi connectivity index (χ2v) is 8.47. The number of hydrogen-bond acceptors (Lipinski definition) is 4. The number of carbonyl (C=O) groups is 1. The molecule has 0 unspecified atom stereocenters. The number of anilines is 1. The van der Waals surface area contributed by atoms with Gasteiger partial charge in [0.15, 0.2) is 5.11 Å². The second kappa shape index (κ2) is 12.5. The zero-order valence-electron chi connectivity index (χ0n) is 17.7. The molecule has 5 nitrogen and oxygen atoms in total. The lowest BCUT2D eigenvalue weighted by Gasteiger charge is -2.15. The monoisotopic (exact) mass is 492 g/mol. The molecular weight excluding hydrogens is 464 g/mol. The van der Waals surface area contributed by atoms with E-state index in [1.54, 1.807) is 12.1 Å². The molecule has 2 N–H and O–H groups in total.